The van der Waals surface area contributed by atoms with Gasteiger partial charge in [0.15, 0.2) is 0 Å². The zero-order valence-electron chi connectivity index (χ0n) is 9.27. The summed E-state index contributed by atoms with van der Waals surface area (Å²) < 4.78 is 0. The molecule has 1 aromatic rings. The first kappa shape index (κ1) is 10.2. The van der Waals surface area contributed by atoms with Crippen LogP contribution in [0.5, 0.6) is 0 Å². The van der Waals surface area contributed by atoms with Gasteiger partial charge in [0, 0.05) is 25.2 Å². The minimum absolute atomic E-state index is 0.484. The van der Waals surface area contributed by atoms with Gasteiger partial charge in [-0.2, -0.15) is 0 Å². The molecule has 0 radical (unpaired) electrons. The SMILES string of the molecule is C[C@@H]1CN[C@@H](C)CN1c1ccc(N)cn1. The maximum atomic E-state index is 5.62. The number of nitrogen functional groups attached to an aromatic ring is 1. The number of nitrogens with two attached hydrogens (primary N) is 1. The van der Waals surface area contributed by atoms with E-state index >= 15 is 0 Å². The molecule has 82 valence electrons. The van der Waals surface area contributed by atoms with Crippen LogP contribution >= 0.6 is 0 Å². The first-order valence-corrected chi connectivity index (χ1v) is 5.38. The van der Waals surface area contributed by atoms with Crippen LogP contribution in [0.2, 0.25) is 0 Å². The summed E-state index contributed by atoms with van der Waals surface area (Å²) >= 11 is 0. The lowest BCUT2D eigenvalue weighted by Crippen LogP contribution is -2.54. The van der Waals surface area contributed by atoms with Gasteiger partial charge in [-0.05, 0) is 26.0 Å². The highest BCUT2D eigenvalue weighted by Gasteiger charge is 2.22. The molecular formula is C11H18N4. The van der Waals surface area contributed by atoms with Gasteiger partial charge in [0.25, 0.3) is 0 Å². The number of nitrogens with zero attached hydrogens (tertiary/aromatic N) is 2. The Balaban J connectivity index is 2.17. The first-order chi connectivity index (χ1) is 7.16. The highest BCUT2D eigenvalue weighted by molar-refractivity contribution is 5.47. The minimum Gasteiger partial charge on any atom is -0.397 e. The molecule has 1 aliphatic rings. The van der Waals surface area contributed by atoms with Crippen LogP contribution in [0.15, 0.2) is 18.3 Å². The van der Waals surface area contributed by atoms with Crippen LogP contribution in [0.4, 0.5) is 11.5 Å². The molecule has 0 aliphatic carbocycles. The van der Waals surface area contributed by atoms with Crippen molar-refractivity contribution in [3.63, 3.8) is 0 Å². The van der Waals surface area contributed by atoms with E-state index in [9.17, 15) is 0 Å². The second-order valence-corrected chi connectivity index (χ2v) is 4.26. The quantitative estimate of drug-likeness (QED) is 0.715. The number of rotatable bonds is 1. The number of nitrogens with one attached hydrogen (secondary N) is 1. The van der Waals surface area contributed by atoms with Crippen molar-refractivity contribution in [2.24, 2.45) is 0 Å². The number of piperazine rings is 1. The highest BCUT2D eigenvalue weighted by Crippen LogP contribution is 2.17. The Morgan fingerprint density at radius 1 is 1.47 bits per heavy atom. The smallest absolute Gasteiger partial charge is 0.128 e. The van der Waals surface area contributed by atoms with Gasteiger partial charge in [0.2, 0.25) is 0 Å². The van der Waals surface area contributed by atoms with E-state index in [0.29, 0.717) is 12.1 Å². The number of hydrogen-bond acceptors (Lipinski definition) is 4. The van der Waals surface area contributed by atoms with Crippen molar-refractivity contribution in [3.8, 4) is 0 Å². The van der Waals surface area contributed by atoms with E-state index in [0.717, 1.165) is 24.6 Å². The van der Waals surface area contributed by atoms with Crippen LogP contribution in [0, 0.1) is 0 Å². The van der Waals surface area contributed by atoms with E-state index in [1.807, 2.05) is 12.1 Å². The third-order valence-corrected chi connectivity index (χ3v) is 2.83. The summed E-state index contributed by atoms with van der Waals surface area (Å²) in [5, 5.41) is 3.45. The fourth-order valence-corrected chi connectivity index (χ4v) is 1.91. The Hall–Kier alpha value is -1.29. The van der Waals surface area contributed by atoms with Crippen LogP contribution in [0.3, 0.4) is 0 Å². The van der Waals surface area contributed by atoms with Crippen molar-refractivity contribution in [3.05, 3.63) is 18.3 Å². The zero-order valence-corrected chi connectivity index (χ0v) is 9.27. The van der Waals surface area contributed by atoms with Crippen molar-refractivity contribution < 1.29 is 0 Å². The van der Waals surface area contributed by atoms with Gasteiger partial charge in [-0.15, -0.1) is 0 Å². The van der Waals surface area contributed by atoms with E-state index in [1.54, 1.807) is 6.20 Å². The van der Waals surface area contributed by atoms with E-state index < -0.39 is 0 Å². The monoisotopic (exact) mass is 206 g/mol. The lowest BCUT2D eigenvalue weighted by atomic mass is 10.1. The van der Waals surface area contributed by atoms with Crippen molar-refractivity contribution >= 4 is 11.5 Å². The predicted octanol–water partition coefficient (Wildman–Crippen LogP) is 0.850. The van der Waals surface area contributed by atoms with Crippen molar-refractivity contribution in [2.75, 3.05) is 23.7 Å². The third-order valence-electron chi connectivity index (χ3n) is 2.83. The molecule has 15 heavy (non-hydrogen) atoms. The largest absolute Gasteiger partial charge is 0.397 e. The fraction of sp³-hybridized carbons (Fsp3) is 0.545. The molecule has 3 N–H and O–H groups in total. The molecule has 0 bridgehead atoms. The zero-order chi connectivity index (χ0) is 10.8. The van der Waals surface area contributed by atoms with E-state index in [2.05, 4.69) is 29.0 Å². The maximum absolute atomic E-state index is 5.62. The molecule has 0 spiro atoms. The summed E-state index contributed by atoms with van der Waals surface area (Å²) in [7, 11) is 0. The molecule has 1 fully saturated rings. The van der Waals surface area contributed by atoms with Gasteiger partial charge >= 0.3 is 0 Å². The maximum Gasteiger partial charge on any atom is 0.128 e. The molecular weight excluding hydrogens is 188 g/mol. The summed E-state index contributed by atoms with van der Waals surface area (Å²) in [6.45, 7) is 6.40. The summed E-state index contributed by atoms with van der Waals surface area (Å²) in [4.78, 5) is 6.68. The minimum atomic E-state index is 0.484. The number of hydrogen-bond donors (Lipinski definition) is 2. The Kier molecular flexibility index (Phi) is 2.77. The molecule has 4 heteroatoms. The summed E-state index contributed by atoms with van der Waals surface area (Å²) in [5.74, 6) is 1.02. The standard InChI is InChI=1S/C11H18N4/c1-8-7-15(9(2)5-13-8)11-4-3-10(12)6-14-11/h3-4,6,8-9,13H,5,7,12H2,1-2H3/t8-,9+/m0/s1. The van der Waals surface area contributed by atoms with E-state index in [4.69, 9.17) is 5.73 Å². The Bertz CT molecular complexity index is 322. The first-order valence-electron chi connectivity index (χ1n) is 5.38. The van der Waals surface area contributed by atoms with Gasteiger partial charge in [-0.25, -0.2) is 4.98 Å². The molecule has 1 aromatic heterocycles. The lowest BCUT2D eigenvalue weighted by molar-refractivity contribution is 0.422. The summed E-state index contributed by atoms with van der Waals surface area (Å²) in [5.41, 5.74) is 6.34. The molecule has 1 saturated heterocycles. The van der Waals surface area contributed by atoms with Gasteiger partial charge in [-0.3, -0.25) is 0 Å². The molecule has 0 aromatic carbocycles. The van der Waals surface area contributed by atoms with Crippen LogP contribution in [-0.2, 0) is 0 Å². The van der Waals surface area contributed by atoms with Crippen molar-refractivity contribution in [1.29, 1.82) is 0 Å². The van der Waals surface area contributed by atoms with Crippen LogP contribution < -0.4 is 16.0 Å². The Morgan fingerprint density at radius 3 is 2.93 bits per heavy atom. The number of pyridine rings is 1. The second kappa shape index (κ2) is 4.06. The average Bonchev–Trinajstić information content (AvgIpc) is 2.23. The normalized spacial score (nSPS) is 26.7. The highest BCUT2D eigenvalue weighted by atomic mass is 15.3. The van der Waals surface area contributed by atoms with Gasteiger partial charge in [0.1, 0.15) is 5.82 Å². The molecule has 0 unspecified atom stereocenters. The molecule has 1 aliphatic heterocycles. The van der Waals surface area contributed by atoms with Gasteiger partial charge < -0.3 is 16.0 Å². The second-order valence-electron chi connectivity index (χ2n) is 4.26. The number of anilines is 2. The Morgan fingerprint density at radius 2 is 2.27 bits per heavy atom. The molecule has 2 atom stereocenters. The Labute approximate surface area is 90.5 Å². The van der Waals surface area contributed by atoms with E-state index in [1.165, 1.54) is 0 Å². The molecule has 2 rings (SSSR count). The van der Waals surface area contributed by atoms with Crippen LogP contribution in [0.1, 0.15) is 13.8 Å². The third kappa shape index (κ3) is 2.21. The molecule has 0 saturated carbocycles. The van der Waals surface area contributed by atoms with Crippen molar-refractivity contribution in [2.45, 2.75) is 25.9 Å². The molecule has 2 heterocycles. The van der Waals surface area contributed by atoms with Crippen LogP contribution in [0.25, 0.3) is 0 Å². The van der Waals surface area contributed by atoms with Gasteiger partial charge in [-0.1, -0.05) is 0 Å². The van der Waals surface area contributed by atoms with Crippen molar-refractivity contribution in [1.82, 2.24) is 10.3 Å². The van der Waals surface area contributed by atoms with Crippen LogP contribution in [-0.4, -0.2) is 30.2 Å². The van der Waals surface area contributed by atoms with Gasteiger partial charge in [0.05, 0.1) is 11.9 Å². The number of aromatic nitrogens is 1. The lowest BCUT2D eigenvalue weighted by Gasteiger charge is -2.38. The fourth-order valence-electron chi connectivity index (χ4n) is 1.91. The summed E-state index contributed by atoms with van der Waals surface area (Å²) in [6, 6.07) is 4.89. The molecule has 0 amide bonds. The topological polar surface area (TPSA) is 54.2 Å². The predicted molar refractivity (Wildman–Crippen MR) is 62.9 cm³/mol. The van der Waals surface area contributed by atoms with E-state index in [-0.39, 0.29) is 0 Å². The summed E-state index contributed by atoms with van der Waals surface area (Å²) in [6.07, 6.45) is 1.72. The molecule has 4 nitrogen and oxygen atoms in total. The average molecular weight is 206 g/mol.